The van der Waals surface area contributed by atoms with E-state index in [-0.39, 0.29) is 0 Å². The molecule has 1 rings (SSSR count). The van der Waals surface area contributed by atoms with Gasteiger partial charge in [0.25, 0.3) is 0 Å². The SMILES string of the molecule is CC(C)CCCC(C)CCCC(C)CCCC(C)CCCCO[C@@H]1O[C@H](CO)[C@@H](O)[C@H](O)[C@H]1O. The molecule has 0 spiro atoms. The zero-order valence-electron chi connectivity index (χ0n) is 22.7. The molecular formula is C28H56O6. The van der Waals surface area contributed by atoms with E-state index in [0.717, 1.165) is 37.0 Å². The second-order valence-corrected chi connectivity index (χ2v) is 11.6. The van der Waals surface area contributed by atoms with Crippen molar-refractivity contribution in [2.75, 3.05) is 13.2 Å². The lowest BCUT2D eigenvalue weighted by Gasteiger charge is -2.39. The van der Waals surface area contributed by atoms with Crippen LogP contribution in [0.3, 0.4) is 0 Å². The minimum Gasteiger partial charge on any atom is -0.394 e. The molecule has 3 unspecified atom stereocenters. The van der Waals surface area contributed by atoms with Gasteiger partial charge in [0.2, 0.25) is 0 Å². The highest BCUT2D eigenvalue weighted by molar-refractivity contribution is 4.88. The van der Waals surface area contributed by atoms with Gasteiger partial charge in [-0.3, -0.25) is 0 Å². The molecule has 1 aliphatic heterocycles. The maximum Gasteiger partial charge on any atom is 0.186 e. The van der Waals surface area contributed by atoms with E-state index < -0.39 is 37.3 Å². The van der Waals surface area contributed by atoms with Gasteiger partial charge < -0.3 is 29.9 Å². The smallest absolute Gasteiger partial charge is 0.186 e. The normalized spacial score (nSPS) is 28.2. The number of ether oxygens (including phenoxy) is 2. The topological polar surface area (TPSA) is 99.4 Å². The first-order valence-corrected chi connectivity index (χ1v) is 14.1. The number of unbranched alkanes of at least 4 members (excludes halogenated alkanes) is 1. The van der Waals surface area contributed by atoms with Crippen molar-refractivity contribution in [1.82, 2.24) is 0 Å². The predicted molar refractivity (Wildman–Crippen MR) is 137 cm³/mol. The predicted octanol–water partition coefficient (Wildman–Crippen LogP) is 5.05. The van der Waals surface area contributed by atoms with Crippen molar-refractivity contribution in [2.24, 2.45) is 23.7 Å². The summed E-state index contributed by atoms with van der Waals surface area (Å²) < 4.78 is 10.9. The molecule has 1 fully saturated rings. The zero-order valence-corrected chi connectivity index (χ0v) is 22.7. The highest BCUT2D eigenvalue weighted by Crippen LogP contribution is 2.24. The molecule has 204 valence electrons. The number of hydrogen-bond donors (Lipinski definition) is 4. The molecule has 6 nitrogen and oxygen atoms in total. The Morgan fingerprint density at radius 3 is 1.56 bits per heavy atom. The molecule has 1 aliphatic rings. The van der Waals surface area contributed by atoms with Gasteiger partial charge in [0.15, 0.2) is 6.29 Å². The summed E-state index contributed by atoms with van der Waals surface area (Å²) in [6.45, 7) is 11.8. The first kappa shape index (κ1) is 31.8. The lowest BCUT2D eigenvalue weighted by molar-refractivity contribution is -0.301. The molecule has 1 saturated heterocycles. The molecular weight excluding hydrogens is 432 g/mol. The second-order valence-electron chi connectivity index (χ2n) is 11.6. The molecule has 1 heterocycles. The molecule has 0 radical (unpaired) electrons. The molecule has 0 aliphatic carbocycles. The van der Waals surface area contributed by atoms with Crippen LogP contribution in [0.15, 0.2) is 0 Å². The van der Waals surface area contributed by atoms with Crippen molar-refractivity contribution >= 4 is 0 Å². The van der Waals surface area contributed by atoms with E-state index in [1.165, 1.54) is 57.8 Å². The summed E-state index contributed by atoms with van der Waals surface area (Å²) in [6, 6.07) is 0. The van der Waals surface area contributed by atoms with Crippen LogP contribution in [-0.4, -0.2) is 64.3 Å². The summed E-state index contributed by atoms with van der Waals surface area (Å²) in [5.41, 5.74) is 0. The van der Waals surface area contributed by atoms with Crippen molar-refractivity contribution in [3.63, 3.8) is 0 Å². The molecule has 0 bridgehead atoms. The Morgan fingerprint density at radius 1 is 0.618 bits per heavy atom. The third-order valence-corrected chi connectivity index (χ3v) is 7.49. The summed E-state index contributed by atoms with van der Waals surface area (Å²) in [5, 5.41) is 38.9. The van der Waals surface area contributed by atoms with Gasteiger partial charge in [0, 0.05) is 6.61 Å². The first-order valence-electron chi connectivity index (χ1n) is 14.1. The van der Waals surface area contributed by atoms with Gasteiger partial charge in [0.1, 0.15) is 24.4 Å². The van der Waals surface area contributed by atoms with E-state index in [2.05, 4.69) is 34.6 Å². The summed E-state index contributed by atoms with van der Waals surface area (Å²) in [5.74, 6) is 3.22. The fraction of sp³-hybridized carbons (Fsp3) is 1.00. The van der Waals surface area contributed by atoms with E-state index in [1.54, 1.807) is 0 Å². The molecule has 0 aromatic carbocycles. The second kappa shape index (κ2) is 18.1. The quantitative estimate of drug-likeness (QED) is 0.190. The lowest BCUT2D eigenvalue weighted by Crippen LogP contribution is -2.59. The third kappa shape index (κ3) is 13.2. The highest BCUT2D eigenvalue weighted by atomic mass is 16.7. The molecule has 6 heteroatoms. The van der Waals surface area contributed by atoms with Crippen molar-refractivity contribution in [1.29, 1.82) is 0 Å². The fourth-order valence-electron chi connectivity index (χ4n) is 4.94. The molecule has 34 heavy (non-hydrogen) atoms. The van der Waals surface area contributed by atoms with Crippen LogP contribution in [0.1, 0.15) is 112 Å². The Morgan fingerprint density at radius 2 is 1.09 bits per heavy atom. The summed E-state index contributed by atoms with van der Waals surface area (Å²) in [7, 11) is 0. The van der Waals surface area contributed by atoms with Crippen molar-refractivity contribution in [2.45, 2.75) is 142 Å². The Hall–Kier alpha value is -0.240. The van der Waals surface area contributed by atoms with Crippen LogP contribution in [0.25, 0.3) is 0 Å². The van der Waals surface area contributed by atoms with E-state index in [0.29, 0.717) is 12.5 Å². The average molecular weight is 489 g/mol. The Balaban J connectivity index is 2.03. The highest BCUT2D eigenvalue weighted by Gasteiger charge is 2.43. The monoisotopic (exact) mass is 488 g/mol. The van der Waals surface area contributed by atoms with Gasteiger partial charge >= 0.3 is 0 Å². The fourth-order valence-corrected chi connectivity index (χ4v) is 4.94. The summed E-state index contributed by atoms with van der Waals surface area (Å²) >= 11 is 0. The number of aliphatic hydroxyl groups excluding tert-OH is 4. The standard InChI is InChI=1S/C28H56O6/c1-20(2)11-8-13-22(4)15-10-17-23(5)16-9-14-21(3)12-6-7-18-33-28-27(32)26(31)25(30)24(19-29)34-28/h20-32H,6-19H2,1-5H3/t21?,22?,23?,24-,25-,26+,27-,28-/m1/s1. The third-order valence-electron chi connectivity index (χ3n) is 7.49. The van der Waals surface area contributed by atoms with Gasteiger partial charge in [-0.05, 0) is 30.1 Å². The van der Waals surface area contributed by atoms with E-state index in [9.17, 15) is 20.4 Å². The molecule has 0 amide bonds. The molecule has 0 saturated carbocycles. The van der Waals surface area contributed by atoms with Crippen LogP contribution in [-0.2, 0) is 9.47 Å². The van der Waals surface area contributed by atoms with Crippen molar-refractivity contribution in [3.8, 4) is 0 Å². The number of aliphatic hydroxyl groups is 4. The zero-order chi connectivity index (χ0) is 25.5. The van der Waals surface area contributed by atoms with Crippen molar-refractivity contribution < 1.29 is 29.9 Å². The van der Waals surface area contributed by atoms with Crippen molar-refractivity contribution in [3.05, 3.63) is 0 Å². The number of rotatable bonds is 19. The maximum atomic E-state index is 10.00. The van der Waals surface area contributed by atoms with E-state index in [4.69, 9.17) is 9.47 Å². The molecule has 8 atom stereocenters. The minimum absolute atomic E-state index is 0.419. The Kier molecular flexibility index (Phi) is 16.9. The van der Waals surface area contributed by atoms with E-state index in [1.807, 2.05) is 0 Å². The van der Waals surface area contributed by atoms with Gasteiger partial charge in [-0.2, -0.15) is 0 Å². The molecule has 4 N–H and O–H groups in total. The number of hydrogen-bond acceptors (Lipinski definition) is 6. The van der Waals surface area contributed by atoms with Crippen LogP contribution >= 0.6 is 0 Å². The largest absolute Gasteiger partial charge is 0.394 e. The van der Waals surface area contributed by atoms with E-state index >= 15 is 0 Å². The molecule has 0 aromatic rings. The Bertz CT molecular complexity index is 486. The lowest BCUT2D eigenvalue weighted by atomic mass is 9.90. The summed E-state index contributed by atoms with van der Waals surface area (Å²) in [4.78, 5) is 0. The van der Waals surface area contributed by atoms with Crippen LogP contribution in [0.4, 0.5) is 0 Å². The van der Waals surface area contributed by atoms with Gasteiger partial charge in [-0.25, -0.2) is 0 Å². The van der Waals surface area contributed by atoms with Crippen LogP contribution in [0.2, 0.25) is 0 Å². The van der Waals surface area contributed by atoms with Crippen LogP contribution in [0, 0.1) is 23.7 Å². The average Bonchev–Trinajstić information content (AvgIpc) is 2.78. The molecule has 0 aromatic heterocycles. The summed E-state index contributed by atoms with van der Waals surface area (Å²) in [6.07, 6.45) is 9.22. The van der Waals surface area contributed by atoms with Crippen LogP contribution in [0.5, 0.6) is 0 Å². The van der Waals surface area contributed by atoms with Crippen LogP contribution < -0.4 is 0 Å². The van der Waals surface area contributed by atoms with Gasteiger partial charge in [-0.15, -0.1) is 0 Å². The van der Waals surface area contributed by atoms with Gasteiger partial charge in [-0.1, -0.05) is 105 Å². The van der Waals surface area contributed by atoms with Gasteiger partial charge in [0.05, 0.1) is 6.61 Å². The maximum absolute atomic E-state index is 10.00. The minimum atomic E-state index is -1.38. The Labute approximate surface area is 209 Å². The first-order chi connectivity index (χ1) is 16.1.